The number of carbonyl (C=O) groups excluding carboxylic acids is 2. The van der Waals surface area contributed by atoms with Crippen LogP contribution < -0.4 is 5.32 Å². The molecule has 1 heterocycles. The molecule has 0 spiro atoms. The van der Waals surface area contributed by atoms with Crippen molar-refractivity contribution in [3.8, 4) is 11.3 Å². The first-order chi connectivity index (χ1) is 12.9. The highest BCUT2D eigenvalue weighted by molar-refractivity contribution is 7.16. The fourth-order valence-corrected chi connectivity index (χ4v) is 3.37. The van der Waals surface area contributed by atoms with Crippen molar-refractivity contribution in [2.45, 2.75) is 19.8 Å². The molecule has 1 N–H and O–H groups in total. The Bertz CT molecular complexity index is 967. The number of anilines is 1. The maximum Gasteiger partial charge on any atom is 0.226 e. The summed E-state index contributed by atoms with van der Waals surface area (Å²) in [4.78, 5) is 29.4. The van der Waals surface area contributed by atoms with E-state index in [0.717, 1.165) is 10.4 Å². The number of rotatable bonds is 6. The Labute approximate surface area is 158 Å². The van der Waals surface area contributed by atoms with Gasteiger partial charge >= 0.3 is 0 Å². The van der Waals surface area contributed by atoms with E-state index in [2.05, 4.69) is 10.3 Å². The molecule has 0 radical (unpaired) electrons. The zero-order chi connectivity index (χ0) is 19.4. The molecule has 3 rings (SSSR count). The third-order valence-electron chi connectivity index (χ3n) is 3.91. The van der Waals surface area contributed by atoms with Gasteiger partial charge in [-0.3, -0.25) is 9.59 Å². The van der Waals surface area contributed by atoms with Gasteiger partial charge in [0.2, 0.25) is 5.91 Å². The molecule has 0 aliphatic carbocycles. The highest BCUT2D eigenvalue weighted by Crippen LogP contribution is 2.30. The van der Waals surface area contributed by atoms with E-state index >= 15 is 0 Å². The summed E-state index contributed by atoms with van der Waals surface area (Å²) in [5, 5.41) is 3.10. The van der Waals surface area contributed by atoms with Crippen LogP contribution in [-0.2, 0) is 4.79 Å². The highest BCUT2D eigenvalue weighted by Gasteiger charge is 2.14. The van der Waals surface area contributed by atoms with Gasteiger partial charge in [0, 0.05) is 28.8 Å². The monoisotopic (exact) mass is 386 g/mol. The lowest BCUT2D eigenvalue weighted by Gasteiger charge is -2.02. The molecule has 0 aliphatic heterocycles. The van der Waals surface area contributed by atoms with Gasteiger partial charge in [-0.1, -0.05) is 0 Å². The Morgan fingerprint density at radius 1 is 0.963 bits per heavy atom. The number of nitrogens with one attached hydrogen (secondary N) is 1. The molecule has 0 bridgehead atoms. The Hall–Kier alpha value is -2.93. The first kappa shape index (κ1) is 18.8. The molecule has 0 saturated carbocycles. The van der Waals surface area contributed by atoms with Crippen LogP contribution in [0, 0.1) is 18.6 Å². The SMILES string of the molecule is Cc1sc(NC(=O)CCC(=O)c2ccc(F)cc2)nc1-c1ccc(F)cc1. The van der Waals surface area contributed by atoms with Crippen molar-refractivity contribution in [3.63, 3.8) is 0 Å². The fraction of sp³-hybridized carbons (Fsp3) is 0.150. The predicted octanol–water partition coefficient (Wildman–Crippen LogP) is 5.00. The number of Topliss-reactive ketones (excluding diaryl/α,β-unsaturated/α-hetero) is 1. The minimum atomic E-state index is -0.416. The summed E-state index contributed by atoms with van der Waals surface area (Å²) in [6, 6.07) is 11.2. The van der Waals surface area contributed by atoms with E-state index in [0.29, 0.717) is 16.4 Å². The van der Waals surface area contributed by atoms with Crippen LogP contribution in [0.25, 0.3) is 11.3 Å². The largest absolute Gasteiger partial charge is 0.302 e. The minimum Gasteiger partial charge on any atom is -0.302 e. The number of aromatic nitrogens is 1. The number of halogens is 2. The van der Waals surface area contributed by atoms with Gasteiger partial charge in [0.25, 0.3) is 0 Å². The van der Waals surface area contributed by atoms with Crippen molar-refractivity contribution in [1.29, 1.82) is 0 Å². The summed E-state index contributed by atoms with van der Waals surface area (Å²) in [5.74, 6) is -1.30. The molecule has 1 aromatic heterocycles. The Balaban J connectivity index is 1.59. The smallest absolute Gasteiger partial charge is 0.226 e. The fourth-order valence-electron chi connectivity index (χ4n) is 2.51. The van der Waals surface area contributed by atoms with E-state index < -0.39 is 5.82 Å². The van der Waals surface area contributed by atoms with Gasteiger partial charge in [0.1, 0.15) is 11.6 Å². The van der Waals surface area contributed by atoms with Crippen LogP contribution in [0.3, 0.4) is 0 Å². The lowest BCUT2D eigenvalue weighted by Crippen LogP contribution is -2.13. The zero-order valence-electron chi connectivity index (χ0n) is 14.5. The van der Waals surface area contributed by atoms with Gasteiger partial charge in [0.05, 0.1) is 5.69 Å². The van der Waals surface area contributed by atoms with Crippen molar-refractivity contribution >= 4 is 28.2 Å². The number of ketones is 1. The first-order valence-electron chi connectivity index (χ1n) is 8.24. The van der Waals surface area contributed by atoms with Crippen molar-refractivity contribution in [1.82, 2.24) is 4.98 Å². The molecule has 27 heavy (non-hydrogen) atoms. The van der Waals surface area contributed by atoms with Gasteiger partial charge in [0.15, 0.2) is 10.9 Å². The van der Waals surface area contributed by atoms with E-state index in [-0.39, 0.29) is 30.3 Å². The zero-order valence-corrected chi connectivity index (χ0v) is 15.3. The van der Waals surface area contributed by atoms with Crippen molar-refractivity contribution in [2.24, 2.45) is 0 Å². The molecule has 0 atom stereocenters. The van der Waals surface area contributed by atoms with Gasteiger partial charge in [-0.05, 0) is 55.5 Å². The topological polar surface area (TPSA) is 59.1 Å². The molecule has 1 amide bonds. The van der Waals surface area contributed by atoms with Crippen molar-refractivity contribution in [3.05, 3.63) is 70.6 Å². The Morgan fingerprint density at radius 2 is 1.56 bits per heavy atom. The minimum absolute atomic E-state index is 0.000713. The van der Waals surface area contributed by atoms with E-state index in [1.807, 2.05) is 6.92 Å². The maximum atomic E-state index is 13.1. The van der Waals surface area contributed by atoms with E-state index in [9.17, 15) is 18.4 Å². The summed E-state index contributed by atoms with van der Waals surface area (Å²) in [5.41, 5.74) is 1.81. The quantitative estimate of drug-likeness (QED) is 0.607. The third kappa shape index (κ3) is 4.83. The number of thiazole rings is 1. The lowest BCUT2D eigenvalue weighted by molar-refractivity contribution is -0.116. The number of amides is 1. The first-order valence-corrected chi connectivity index (χ1v) is 9.06. The molecule has 0 saturated heterocycles. The van der Waals surface area contributed by atoms with Crippen LogP contribution in [0.5, 0.6) is 0 Å². The van der Waals surface area contributed by atoms with Crippen LogP contribution >= 0.6 is 11.3 Å². The van der Waals surface area contributed by atoms with Crippen LogP contribution in [0.4, 0.5) is 13.9 Å². The van der Waals surface area contributed by atoms with Gasteiger partial charge < -0.3 is 5.32 Å². The number of hydrogen-bond acceptors (Lipinski definition) is 4. The van der Waals surface area contributed by atoms with E-state index in [1.54, 1.807) is 12.1 Å². The molecule has 138 valence electrons. The number of carbonyl (C=O) groups is 2. The van der Waals surface area contributed by atoms with Gasteiger partial charge in [-0.25, -0.2) is 13.8 Å². The second-order valence-electron chi connectivity index (χ2n) is 5.91. The maximum absolute atomic E-state index is 13.1. The molecular weight excluding hydrogens is 370 g/mol. The summed E-state index contributed by atoms with van der Waals surface area (Å²) in [6.45, 7) is 1.87. The van der Waals surface area contributed by atoms with Crippen molar-refractivity contribution in [2.75, 3.05) is 5.32 Å². The second kappa shape index (κ2) is 8.18. The number of aryl methyl sites for hydroxylation is 1. The lowest BCUT2D eigenvalue weighted by atomic mass is 10.1. The molecule has 0 unspecified atom stereocenters. The number of benzene rings is 2. The molecule has 4 nitrogen and oxygen atoms in total. The van der Waals surface area contributed by atoms with Gasteiger partial charge in [-0.2, -0.15) is 0 Å². The standard InChI is InChI=1S/C20H16F2N2O2S/c1-12-19(14-4-8-16(22)9-5-14)24-20(27-12)23-18(26)11-10-17(25)13-2-6-15(21)7-3-13/h2-9H,10-11H2,1H3,(H,23,24,26). The van der Waals surface area contributed by atoms with Crippen molar-refractivity contribution < 1.29 is 18.4 Å². The van der Waals surface area contributed by atoms with E-state index in [4.69, 9.17) is 0 Å². The molecule has 7 heteroatoms. The Kier molecular flexibility index (Phi) is 5.71. The average Bonchev–Trinajstić information content (AvgIpc) is 3.01. The second-order valence-corrected chi connectivity index (χ2v) is 7.11. The van der Waals surface area contributed by atoms with Crippen LogP contribution in [0.1, 0.15) is 28.1 Å². The molecule has 0 aliphatic rings. The average molecular weight is 386 g/mol. The number of nitrogens with zero attached hydrogens (tertiary/aromatic N) is 1. The number of hydrogen-bond donors (Lipinski definition) is 1. The Morgan fingerprint density at radius 3 is 2.19 bits per heavy atom. The molecule has 2 aromatic carbocycles. The molecule has 0 fully saturated rings. The summed E-state index contributed by atoms with van der Waals surface area (Å²) >= 11 is 1.31. The molecule has 3 aromatic rings. The van der Waals surface area contributed by atoms with E-state index in [1.165, 1.54) is 47.7 Å². The summed E-state index contributed by atoms with van der Waals surface area (Å²) < 4.78 is 25.9. The summed E-state index contributed by atoms with van der Waals surface area (Å²) in [6.07, 6.45) is 0.0212. The molecular formula is C20H16F2N2O2S. The third-order valence-corrected chi connectivity index (χ3v) is 4.79. The van der Waals surface area contributed by atoms with Crippen LogP contribution in [-0.4, -0.2) is 16.7 Å². The summed E-state index contributed by atoms with van der Waals surface area (Å²) in [7, 11) is 0. The highest BCUT2D eigenvalue weighted by atomic mass is 32.1. The van der Waals surface area contributed by atoms with Crippen LogP contribution in [0.15, 0.2) is 48.5 Å². The predicted molar refractivity (Wildman–Crippen MR) is 101 cm³/mol. The van der Waals surface area contributed by atoms with Gasteiger partial charge in [-0.15, -0.1) is 11.3 Å². The van der Waals surface area contributed by atoms with Crippen LogP contribution in [0.2, 0.25) is 0 Å². The normalized spacial score (nSPS) is 10.6.